The molecular weight excluding hydrogens is 853 g/mol. The second-order valence-electron chi connectivity index (χ2n) is 17.3. The molecule has 2 saturated heterocycles. The highest BCUT2D eigenvalue weighted by atomic mass is 16.7. The van der Waals surface area contributed by atoms with Crippen molar-refractivity contribution >= 4 is 11.9 Å². The van der Waals surface area contributed by atoms with Gasteiger partial charge < -0.3 is 64.2 Å². The lowest BCUT2D eigenvalue weighted by atomic mass is 9.98. The molecule has 0 aliphatic carbocycles. The number of carbonyl (C=O) groups excluding carboxylic acids is 2. The van der Waals surface area contributed by atoms with E-state index in [0.29, 0.717) is 19.3 Å². The molecule has 11 atom stereocenters. The zero-order chi connectivity index (χ0) is 48.2. The number of hydrogen-bond acceptors (Lipinski definition) is 15. The smallest absolute Gasteiger partial charge is 0.306 e. The summed E-state index contributed by atoms with van der Waals surface area (Å²) in [5.74, 6) is -1.01. The number of hydrogen-bond donors (Lipinski definition) is 7. The maximum Gasteiger partial charge on any atom is 0.306 e. The van der Waals surface area contributed by atoms with Crippen LogP contribution in [0, 0.1) is 0 Å². The second-order valence-corrected chi connectivity index (χ2v) is 17.3. The van der Waals surface area contributed by atoms with Crippen LogP contribution in [0.3, 0.4) is 0 Å². The Morgan fingerprint density at radius 2 is 0.924 bits per heavy atom. The highest BCUT2D eigenvalue weighted by Gasteiger charge is 2.47. The highest BCUT2D eigenvalue weighted by molar-refractivity contribution is 5.70. The van der Waals surface area contributed by atoms with Crippen LogP contribution in [0.1, 0.15) is 155 Å². The summed E-state index contributed by atoms with van der Waals surface area (Å²) in [7, 11) is 0. The Morgan fingerprint density at radius 1 is 0.485 bits per heavy atom. The number of esters is 2. The minimum atomic E-state index is -1.78. The summed E-state index contributed by atoms with van der Waals surface area (Å²) >= 11 is 0. The molecule has 0 aromatic heterocycles. The minimum absolute atomic E-state index is 0.0854. The molecule has 0 saturated carbocycles. The van der Waals surface area contributed by atoms with Gasteiger partial charge in [-0.05, 0) is 77.0 Å². The molecule has 66 heavy (non-hydrogen) atoms. The molecule has 7 N–H and O–H groups in total. The third-order valence-corrected chi connectivity index (χ3v) is 11.5. The van der Waals surface area contributed by atoms with E-state index in [0.717, 1.165) is 64.2 Å². The molecule has 0 spiro atoms. The standard InChI is InChI=1S/C51H86O15/c1-3-5-7-9-11-13-15-17-18-19-20-22-24-26-28-30-32-34-43(54)64-39(36-61-42(53)33-31-29-27-25-23-21-16-14-12-10-8-6-4-2)37-62-50-49(60)47(58)45(56)41(66-50)38-63-51-48(59)46(57)44(55)40(35-52)65-51/h11,13-14,16-18,20,22,26,28,39-41,44-52,55-60H,3-10,12,15,19,21,23-25,27,29-38H2,1-2H3/b13-11+,16-14+,18-17+,22-20+,28-26+/t39-,40+,41+,44-,45-,46?,47?,48?,49?,50+,51+/m1/s1. The van der Waals surface area contributed by atoms with E-state index in [-0.39, 0.29) is 19.4 Å². The molecule has 2 heterocycles. The molecule has 4 unspecified atom stereocenters. The summed E-state index contributed by atoms with van der Waals surface area (Å²) < 4.78 is 33.4. The summed E-state index contributed by atoms with van der Waals surface area (Å²) in [6, 6.07) is 0. The van der Waals surface area contributed by atoms with Crippen LogP contribution >= 0.6 is 0 Å². The quantitative estimate of drug-likeness (QED) is 0.0201. The van der Waals surface area contributed by atoms with Crippen molar-refractivity contribution in [1.82, 2.24) is 0 Å². The molecule has 0 aromatic carbocycles. The van der Waals surface area contributed by atoms with Crippen molar-refractivity contribution in [1.29, 1.82) is 0 Å². The molecule has 2 rings (SSSR count). The molecule has 15 heteroatoms. The van der Waals surface area contributed by atoms with E-state index in [9.17, 15) is 45.3 Å². The number of ether oxygens (including phenoxy) is 6. The van der Waals surface area contributed by atoms with Crippen LogP contribution in [0.25, 0.3) is 0 Å². The highest BCUT2D eigenvalue weighted by Crippen LogP contribution is 2.26. The predicted octanol–water partition coefficient (Wildman–Crippen LogP) is 6.49. The van der Waals surface area contributed by atoms with E-state index in [4.69, 9.17) is 28.4 Å². The average molecular weight is 939 g/mol. The van der Waals surface area contributed by atoms with Crippen LogP contribution in [0.5, 0.6) is 0 Å². The normalized spacial score (nSPS) is 26.7. The van der Waals surface area contributed by atoms with Gasteiger partial charge in [0.2, 0.25) is 0 Å². The largest absolute Gasteiger partial charge is 0.462 e. The Hall–Kier alpha value is -2.80. The molecular formula is C51H86O15. The molecule has 0 amide bonds. The lowest BCUT2D eigenvalue weighted by Crippen LogP contribution is -2.61. The van der Waals surface area contributed by atoms with Gasteiger partial charge in [0.25, 0.3) is 0 Å². The Labute approximate surface area is 394 Å². The fourth-order valence-electron chi connectivity index (χ4n) is 7.32. The van der Waals surface area contributed by atoms with E-state index < -0.39 is 99.3 Å². The van der Waals surface area contributed by atoms with E-state index in [1.807, 2.05) is 12.2 Å². The van der Waals surface area contributed by atoms with Crippen molar-refractivity contribution in [3.63, 3.8) is 0 Å². The molecule has 0 radical (unpaired) electrons. The summed E-state index contributed by atoms with van der Waals surface area (Å²) in [5.41, 5.74) is 0. The van der Waals surface area contributed by atoms with Gasteiger partial charge in [-0.1, -0.05) is 126 Å². The van der Waals surface area contributed by atoms with Gasteiger partial charge in [-0.3, -0.25) is 9.59 Å². The third kappa shape index (κ3) is 26.1. The monoisotopic (exact) mass is 939 g/mol. The molecule has 380 valence electrons. The van der Waals surface area contributed by atoms with Crippen molar-refractivity contribution in [3.05, 3.63) is 60.8 Å². The van der Waals surface area contributed by atoms with Crippen molar-refractivity contribution < 1.29 is 73.8 Å². The van der Waals surface area contributed by atoms with Gasteiger partial charge in [-0.2, -0.15) is 0 Å². The maximum absolute atomic E-state index is 13.0. The lowest BCUT2D eigenvalue weighted by Gasteiger charge is -2.42. The van der Waals surface area contributed by atoms with Gasteiger partial charge in [0, 0.05) is 12.8 Å². The first-order valence-corrected chi connectivity index (χ1v) is 24.9. The molecule has 0 bridgehead atoms. The average Bonchev–Trinajstić information content (AvgIpc) is 3.31. The summed E-state index contributed by atoms with van der Waals surface area (Å²) in [5, 5.41) is 72.0. The van der Waals surface area contributed by atoms with Gasteiger partial charge in [0.1, 0.15) is 55.4 Å². The summed E-state index contributed by atoms with van der Waals surface area (Å²) in [4.78, 5) is 25.7. The zero-order valence-electron chi connectivity index (χ0n) is 39.9. The van der Waals surface area contributed by atoms with Crippen molar-refractivity contribution in [2.75, 3.05) is 26.4 Å². The first kappa shape index (κ1) is 59.3. The lowest BCUT2D eigenvalue weighted by molar-refractivity contribution is -0.332. The molecule has 2 fully saturated rings. The fourth-order valence-corrected chi connectivity index (χ4v) is 7.32. The van der Waals surface area contributed by atoms with Gasteiger partial charge in [-0.15, -0.1) is 0 Å². The Morgan fingerprint density at radius 3 is 1.52 bits per heavy atom. The first-order valence-electron chi connectivity index (χ1n) is 24.9. The first-order chi connectivity index (χ1) is 32.0. The van der Waals surface area contributed by atoms with E-state index in [1.165, 1.54) is 44.9 Å². The van der Waals surface area contributed by atoms with Crippen molar-refractivity contribution in [2.24, 2.45) is 0 Å². The maximum atomic E-state index is 13.0. The zero-order valence-corrected chi connectivity index (χ0v) is 39.9. The minimum Gasteiger partial charge on any atom is -0.462 e. The van der Waals surface area contributed by atoms with Crippen LogP contribution in [-0.4, -0.2) is 142 Å². The number of unbranched alkanes of at least 4 members (excludes halogenated alkanes) is 13. The number of rotatable bonds is 37. The van der Waals surface area contributed by atoms with E-state index in [2.05, 4.69) is 62.5 Å². The van der Waals surface area contributed by atoms with Gasteiger partial charge >= 0.3 is 11.9 Å². The van der Waals surface area contributed by atoms with E-state index in [1.54, 1.807) is 0 Å². The predicted molar refractivity (Wildman–Crippen MR) is 252 cm³/mol. The van der Waals surface area contributed by atoms with Crippen LogP contribution in [-0.2, 0) is 38.0 Å². The summed E-state index contributed by atoms with van der Waals surface area (Å²) in [6.45, 7) is 2.46. The van der Waals surface area contributed by atoms with Gasteiger partial charge in [0.15, 0.2) is 18.7 Å². The van der Waals surface area contributed by atoms with Gasteiger partial charge in [0.05, 0.1) is 19.8 Å². The number of carbonyl (C=O) groups is 2. The summed E-state index contributed by atoms with van der Waals surface area (Å²) in [6.07, 6.45) is 25.4. The number of allylic oxidation sites excluding steroid dienone is 10. The SMILES string of the molecule is CCCCC/C=C/C/C=C/C/C=C/C/C=C/CCCC(=O)O[C@H](COC(=O)CCCCCCC/C=C/CCCCCC)CO[C@H]1O[C@@H](CO[C@H]2O[C@@H](CO)[C@@H](O)C(O)C2O)[C@@H](O)C(O)C1O. The third-order valence-electron chi connectivity index (χ3n) is 11.5. The Bertz CT molecular complexity index is 1380. The topological polar surface area (TPSA) is 231 Å². The number of aliphatic hydroxyl groups is 7. The van der Waals surface area contributed by atoms with Crippen molar-refractivity contribution in [2.45, 2.75) is 223 Å². The molecule has 2 aliphatic rings. The van der Waals surface area contributed by atoms with Crippen LogP contribution in [0.4, 0.5) is 0 Å². The Balaban J connectivity index is 1.86. The molecule has 2 aliphatic heterocycles. The fraction of sp³-hybridized carbons (Fsp3) is 0.765. The number of aliphatic hydroxyl groups excluding tert-OH is 7. The van der Waals surface area contributed by atoms with Crippen LogP contribution < -0.4 is 0 Å². The van der Waals surface area contributed by atoms with E-state index >= 15 is 0 Å². The van der Waals surface area contributed by atoms with Gasteiger partial charge in [-0.25, -0.2) is 0 Å². The Kier molecular flexibility index (Phi) is 34.2. The van der Waals surface area contributed by atoms with Crippen LogP contribution in [0.15, 0.2) is 60.8 Å². The van der Waals surface area contributed by atoms with Crippen LogP contribution in [0.2, 0.25) is 0 Å². The second kappa shape index (κ2) is 38.1. The molecule has 15 nitrogen and oxygen atoms in total. The molecule has 0 aromatic rings. The van der Waals surface area contributed by atoms with Crippen molar-refractivity contribution in [3.8, 4) is 0 Å².